The zero-order chi connectivity index (χ0) is 21.0. The molecule has 4 rings (SSSR count). The maximum atomic E-state index is 10.2. The van der Waals surface area contributed by atoms with Gasteiger partial charge in [-0.1, -0.05) is 66.0 Å². The highest BCUT2D eigenvalue weighted by molar-refractivity contribution is 5.25. The van der Waals surface area contributed by atoms with E-state index < -0.39 is 0 Å². The molecule has 0 radical (unpaired) electrons. The second kappa shape index (κ2) is 7.99. The van der Waals surface area contributed by atoms with Gasteiger partial charge >= 0.3 is 0 Å². The smallest absolute Gasteiger partial charge is 0.0577 e. The van der Waals surface area contributed by atoms with Crippen LogP contribution in [0.2, 0.25) is 0 Å². The summed E-state index contributed by atoms with van der Waals surface area (Å²) in [4.78, 5) is 0. The Morgan fingerprint density at radius 2 is 1.72 bits per heavy atom. The van der Waals surface area contributed by atoms with E-state index in [0.29, 0.717) is 10.8 Å². The summed E-state index contributed by atoms with van der Waals surface area (Å²) in [6, 6.07) is 0. The number of hydrogen-bond donors (Lipinski definition) is 1. The molecule has 4 aliphatic carbocycles. The fourth-order valence-corrected chi connectivity index (χ4v) is 8.68. The molecule has 0 heterocycles. The minimum atomic E-state index is -0.0790. The van der Waals surface area contributed by atoms with Crippen molar-refractivity contribution < 1.29 is 5.11 Å². The number of rotatable bonds is 5. The third kappa shape index (κ3) is 3.66. The van der Waals surface area contributed by atoms with Gasteiger partial charge in [0.15, 0.2) is 0 Å². The van der Waals surface area contributed by atoms with Crippen LogP contribution >= 0.6 is 0 Å². The van der Waals surface area contributed by atoms with E-state index in [2.05, 4.69) is 47.6 Å². The first kappa shape index (κ1) is 21.9. The highest BCUT2D eigenvalue weighted by Gasteiger charge is 2.59. The molecule has 8 unspecified atom stereocenters. The Hall–Kier alpha value is -0.300. The van der Waals surface area contributed by atoms with Crippen LogP contribution in [0.5, 0.6) is 0 Å². The molecular weight excluding hydrogens is 352 g/mol. The summed E-state index contributed by atoms with van der Waals surface area (Å²) in [5.74, 6) is 6.24. The number of fused-ring (bicyclic) bond motifs is 5. The van der Waals surface area contributed by atoms with Crippen LogP contribution in [0, 0.1) is 52.3 Å². The largest absolute Gasteiger partial charge is 0.393 e. The second-order valence-corrected chi connectivity index (χ2v) is 12.7. The minimum absolute atomic E-state index is 0.0790. The van der Waals surface area contributed by atoms with E-state index in [4.69, 9.17) is 0 Å². The lowest BCUT2D eigenvalue weighted by atomic mass is 9.47. The molecule has 0 aromatic rings. The van der Waals surface area contributed by atoms with Gasteiger partial charge in [0.2, 0.25) is 0 Å². The molecule has 1 N–H and O–H groups in total. The predicted molar refractivity (Wildman–Crippen MR) is 124 cm³/mol. The second-order valence-electron chi connectivity index (χ2n) is 12.7. The third-order valence-corrected chi connectivity index (χ3v) is 11.1. The zero-order valence-electron chi connectivity index (χ0n) is 20.2. The summed E-state index contributed by atoms with van der Waals surface area (Å²) < 4.78 is 0. The lowest BCUT2D eigenvalue weighted by Gasteiger charge is -2.58. The fraction of sp³-hybridized carbons (Fsp3) is 0.929. The van der Waals surface area contributed by atoms with Gasteiger partial charge in [-0.2, -0.15) is 0 Å². The number of allylic oxidation sites excluding steroid dienone is 1. The Kier molecular flexibility index (Phi) is 6.04. The standard InChI is InChI=1S/C28H48O/c1-18(2)19(3)7-8-20(4)24-11-12-25-23-10-9-21-17-22(29)13-15-27(21,5)26(23)14-16-28(24,25)6/h9,18-20,22-26,29H,7-8,10-17H2,1-6H3/t19?,20-,22?,23?,24?,25?,26?,27?,28?/m1/s1. The molecule has 0 bridgehead atoms. The van der Waals surface area contributed by atoms with Gasteiger partial charge in [-0.3, -0.25) is 0 Å². The molecule has 0 saturated heterocycles. The SMILES string of the molecule is CC(C)C(C)CC[C@@H](C)C1CCC2C3CC=C4CC(O)CCC4(C)C3CCC21C. The first-order chi connectivity index (χ1) is 13.7. The fourth-order valence-electron chi connectivity index (χ4n) is 8.68. The van der Waals surface area contributed by atoms with Crippen LogP contribution in [-0.2, 0) is 0 Å². The number of aliphatic hydroxyl groups excluding tert-OH is 1. The van der Waals surface area contributed by atoms with Crippen molar-refractivity contribution in [2.45, 2.75) is 112 Å². The highest BCUT2D eigenvalue weighted by atomic mass is 16.3. The normalized spacial score (nSPS) is 46.5. The lowest BCUT2D eigenvalue weighted by molar-refractivity contribution is -0.0574. The maximum absolute atomic E-state index is 10.2. The van der Waals surface area contributed by atoms with E-state index in [9.17, 15) is 5.11 Å². The summed E-state index contributed by atoms with van der Waals surface area (Å²) in [5.41, 5.74) is 2.59. The van der Waals surface area contributed by atoms with E-state index in [1.54, 1.807) is 5.57 Å². The van der Waals surface area contributed by atoms with Crippen LogP contribution in [0.15, 0.2) is 11.6 Å². The number of hydrogen-bond acceptors (Lipinski definition) is 1. The van der Waals surface area contributed by atoms with Gasteiger partial charge in [0.05, 0.1) is 6.10 Å². The maximum Gasteiger partial charge on any atom is 0.0577 e. The van der Waals surface area contributed by atoms with Crippen molar-refractivity contribution in [1.29, 1.82) is 0 Å². The zero-order valence-corrected chi connectivity index (χ0v) is 20.2. The first-order valence-electron chi connectivity index (χ1n) is 13.0. The molecule has 0 amide bonds. The van der Waals surface area contributed by atoms with Crippen LogP contribution in [0.1, 0.15) is 106 Å². The Morgan fingerprint density at radius 1 is 0.966 bits per heavy atom. The van der Waals surface area contributed by atoms with Crippen molar-refractivity contribution >= 4 is 0 Å². The minimum Gasteiger partial charge on any atom is -0.393 e. The molecule has 0 spiro atoms. The van der Waals surface area contributed by atoms with E-state index in [1.165, 1.54) is 51.4 Å². The van der Waals surface area contributed by atoms with Gasteiger partial charge in [-0.05, 0) is 104 Å². The molecule has 166 valence electrons. The monoisotopic (exact) mass is 400 g/mol. The quantitative estimate of drug-likeness (QED) is 0.470. The van der Waals surface area contributed by atoms with E-state index >= 15 is 0 Å². The average Bonchev–Trinajstić information content (AvgIpc) is 3.03. The van der Waals surface area contributed by atoms with Crippen molar-refractivity contribution in [3.63, 3.8) is 0 Å². The van der Waals surface area contributed by atoms with Crippen LogP contribution < -0.4 is 0 Å². The van der Waals surface area contributed by atoms with Crippen molar-refractivity contribution in [3.05, 3.63) is 11.6 Å². The molecular formula is C28H48O. The molecule has 1 nitrogen and oxygen atoms in total. The molecule has 29 heavy (non-hydrogen) atoms. The summed E-state index contributed by atoms with van der Waals surface area (Å²) in [5, 5.41) is 10.2. The Bertz CT molecular complexity index is 620. The molecule has 1 heteroatoms. The molecule has 0 aromatic heterocycles. The van der Waals surface area contributed by atoms with Crippen LogP contribution in [0.3, 0.4) is 0 Å². The van der Waals surface area contributed by atoms with Gasteiger partial charge in [0.25, 0.3) is 0 Å². The summed E-state index contributed by atoms with van der Waals surface area (Å²) in [7, 11) is 0. The summed E-state index contributed by atoms with van der Waals surface area (Å²) in [6.07, 6.45) is 15.7. The van der Waals surface area contributed by atoms with Crippen molar-refractivity contribution in [2.75, 3.05) is 0 Å². The molecule has 4 aliphatic rings. The van der Waals surface area contributed by atoms with Crippen LogP contribution in [0.25, 0.3) is 0 Å². The highest BCUT2D eigenvalue weighted by Crippen LogP contribution is 2.67. The van der Waals surface area contributed by atoms with Gasteiger partial charge < -0.3 is 5.11 Å². The topological polar surface area (TPSA) is 20.2 Å². The predicted octanol–water partition coefficient (Wildman–Crippen LogP) is 7.63. The summed E-state index contributed by atoms with van der Waals surface area (Å²) >= 11 is 0. The lowest BCUT2D eigenvalue weighted by Crippen LogP contribution is -2.50. The first-order valence-corrected chi connectivity index (χ1v) is 13.0. The summed E-state index contributed by atoms with van der Waals surface area (Å²) in [6.45, 7) is 15.1. The van der Waals surface area contributed by atoms with Gasteiger partial charge in [-0.25, -0.2) is 0 Å². The van der Waals surface area contributed by atoms with Crippen molar-refractivity contribution in [2.24, 2.45) is 52.3 Å². The van der Waals surface area contributed by atoms with Gasteiger partial charge in [0, 0.05) is 0 Å². The van der Waals surface area contributed by atoms with Crippen molar-refractivity contribution in [3.8, 4) is 0 Å². The van der Waals surface area contributed by atoms with E-state index in [0.717, 1.165) is 54.3 Å². The average molecular weight is 401 g/mol. The molecule has 0 aromatic carbocycles. The third-order valence-electron chi connectivity index (χ3n) is 11.1. The molecule has 3 fully saturated rings. The number of aliphatic hydroxyl groups is 1. The molecule has 0 aliphatic heterocycles. The van der Waals surface area contributed by atoms with Crippen LogP contribution in [-0.4, -0.2) is 11.2 Å². The van der Waals surface area contributed by atoms with E-state index in [1.807, 2.05) is 0 Å². The Labute approximate surface area is 181 Å². The van der Waals surface area contributed by atoms with Crippen molar-refractivity contribution in [1.82, 2.24) is 0 Å². The van der Waals surface area contributed by atoms with E-state index in [-0.39, 0.29) is 6.10 Å². The van der Waals surface area contributed by atoms with Crippen LogP contribution in [0.4, 0.5) is 0 Å². The Morgan fingerprint density at radius 3 is 2.45 bits per heavy atom. The molecule has 3 saturated carbocycles. The van der Waals surface area contributed by atoms with Gasteiger partial charge in [0.1, 0.15) is 0 Å². The van der Waals surface area contributed by atoms with Gasteiger partial charge in [-0.15, -0.1) is 0 Å². The Balaban J connectivity index is 1.49. The molecule has 9 atom stereocenters.